The van der Waals surface area contributed by atoms with Crippen LogP contribution < -0.4 is 13.1 Å². The summed E-state index contributed by atoms with van der Waals surface area (Å²) in [5.74, 6) is 0. The van der Waals surface area contributed by atoms with Gasteiger partial charge in [-0.15, -0.1) is 0 Å². The predicted molar refractivity (Wildman–Crippen MR) is 88.7 cm³/mol. The van der Waals surface area contributed by atoms with E-state index in [1.807, 2.05) is 12.1 Å². The molecule has 0 amide bonds. The summed E-state index contributed by atoms with van der Waals surface area (Å²) in [6, 6.07) is 31.6. The van der Waals surface area contributed by atoms with E-state index in [9.17, 15) is 0 Å². The fourth-order valence-corrected chi connectivity index (χ4v) is 7.07. The van der Waals surface area contributed by atoms with Crippen LogP contribution in [0.2, 0.25) is 0 Å². The van der Waals surface area contributed by atoms with Crippen LogP contribution in [0.15, 0.2) is 84.9 Å². The third-order valence-electron chi connectivity index (χ3n) is 3.28. The molecule has 1 nitrogen and oxygen atoms in total. The zero-order chi connectivity index (χ0) is 14.5. The first-order chi connectivity index (χ1) is 10.4. The summed E-state index contributed by atoms with van der Waals surface area (Å²) < 4.78 is 4.15. The van der Waals surface area contributed by atoms with Crippen LogP contribution in [0, 0.1) is 11.3 Å². The second-order valence-electron chi connectivity index (χ2n) is 4.67. The second-order valence-corrected chi connectivity index (χ2v) is 9.32. The van der Waals surface area contributed by atoms with E-state index in [4.69, 9.17) is 5.26 Å². The zero-order valence-corrected chi connectivity index (χ0v) is 13.4. The fraction of sp³-hybridized carbons (Fsp3) is 0. The van der Waals surface area contributed by atoms with Crippen LogP contribution in [0.1, 0.15) is 5.56 Å². The van der Waals surface area contributed by atoms with Crippen molar-refractivity contribution in [3.05, 3.63) is 90.5 Å². The van der Waals surface area contributed by atoms with Crippen molar-refractivity contribution in [2.75, 3.05) is 0 Å². The second kappa shape index (κ2) is 6.44. The minimum absolute atomic E-state index is 0.717. The summed E-state index contributed by atoms with van der Waals surface area (Å²) in [6.45, 7) is 0. The first-order valence-corrected chi connectivity index (χ1v) is 9.60. The summed E-state index contributed by atoms with van der Waals surface area (Å²) in [5.41, 5.74) is 0.717. The van der Waals surface area contributed by atoms with Crippen LogP contribution in [0.3, 0.4) is 0 Å². The molecule has 100 valence electrons. The number of rotatable bonds is 3. The Kier molecular flexibility index (Phi) is 4.19. The normalized spacial score (nSPS) is 10.3. The summed E-state index contributed by atoms with van der Waals surface area (Å²) >= 11 is -1.53. The van der Waals surface area contributed by atoms with Crippen molar-refractivity contribution in [1.82, 2.24) is 0 Å². The van der Waals surface area contributed by atoms with Gasteiger partial charge in [-0.1, -0.05) is 0 Å². The van der Waals surface area contributed by atoms with Crippen molar-refractivity contribution >= 4 is 27.7 Å². The van der Waals surface area contributed by atoms with E-state index in [0.29, 0.717) is 5.56 Å². The van der Waals surface area contributed by atoms with Gasteiger partial charge in [0, 0.05) is 0 Å². The number of nitrogens with zero attached hydrogens (tertiary/aromatic N) is 1. The van der Waals surface area contributed by atoms with Gasteiger partial charge in [-0.3, -0.25) is 0 Å². The molecule has 0 heterocycles. The van der Waals surface area contributed by atoms with Crippen molar-refractivity contribution in [2.45, 2.75) is 0 Å². The van der Waals surface area contributed by atoms with E-state index in [1.165, 1.54) is 13.1 Å². The summed E-state index contributed by atoms with van der Waals surface area (Å²) in [4.78, 5) is 0. The molecule has 0 N–H and O–H groups in total. The molecule has 0 aliphatic carbocycles. The minimum atomic E-state index is -1.53. The molecule has 0 aliphatic rings. The number of hydrogen-bond acceptors (Lipinski definition) is 1. The summed E-state index contributed by atoms with van der Waals surface area (Å²) in [7, 11) is 0. The Morgan fingerprint density at radius 1 is 0.571 bits per heavy atom. The van der Waals surface area contributed by atoms with Gasteiger partial charge in [0.1, 0.15) is 0 Å². The molecule has 0 fully saturated rings. The molecule has 0 radical (unpaired) electrons. The van der Waals surface area contributed by atoms with Gasteiger partial charge in [0.25, 0.3) is 0 Å². The predicted octanol–water partition coefficient (Wildman–Crippen LogP) is 2.07. The molecular weight excluding hydrogens is 317 g/mol. The third-order valence-corrected chi connectivity index (χ3v) is 8.41. The first kappa shape index (κ1) is 13.7. The molecule has 0 aromatic heterocycles. The molecule has 2 heteroatoms. The fourth-order valence-electron chi connectivity index (χ4n) is 2.29. The molecule has 21 heavy (non-hydrogen) atoms. The number of nitriles is 1. The Balaban J connectivity index is 2.10. The van der Waals surface area contributed by atoms with Crippen molar-refractivity contribution in [3.8, 4) is 6.07 Å². The van der Waals surface area contributed by atoms with Gasteiger partial charge < -0.3 is 0 Å². The van der Waals surface area contributed by atoms with Gasteiger partial charge >= 0.3 is 130 Å². The summed E-state index contributed by atoms with van der Waals surface area (Å²) in [5, 5.41) is 8.96. The van der Waals surface area contributed by atoms with E-state index < -0.39 is 14.7 Å². The van der Waals surface area contributed by atoms with E-state index >= 15 is 0 Å². The third kappa shape index (κ3) is 3.07. The van der Waals surface area contributed by atoms with Gasteiger partial charge in [0.05, 0.1) is 0 Å². The Labute approximate surface area is 129 Å². The molecule has 0 bridgehead atoms. The number of benzene rings is 3. The molecule has 3 rings (SSSR count). The van der Waals surface area contributed by atoms with E-state index in [-0.39, 0.29) is 0 Å². The summed E-state index contributed by atoms with van der Waals surface area (Å²) in [6.07, 6.45) is 0. The van der Waals surface area contributed by atoms with Crippen molar-refractivity contribution < 1.29 is 0 Å². The Hall–Kier alpha value is -2.29. The quantitative estimate of drug-likeness (QED) is 0.674. The van der Waals surface area contributed by atoms with Gasteiger partial charge in [-0.25, -0.2) is 0 Å². The molecule has 3 aromatic carbocycles. The van der Waals surface area contributed by atoms with Gasteiger partial charge in [0.2, 0.25) is 0 Å². The molecule has 0 spiro atoms. The average molecular weight is 331 g/mol. The molecule has 0 atom stereocenters. The Morgan fingerprint density at radius 2 is 1.00 bits per heavy atom. The molecule has 0 unspecified atom stereocenters. The van der Waals surface area contributed by atoms with Crippen molar-refractivity contribution in [3.63, 3.8) is 0 Å². The standard InChI is InChI=1S/C19H14AsN/c21-15-16-11-13-19(14-12-16)20(17-7-3-1-4-8-17)18-9-5-2-6-10-18/h1-14H. The van der Waals surface area contributed by atoms with Crippen LogP contribution in [0.5, 0.6) is 0 Å². The van der Waals surface area contributed by atoms with Crippen LogP contribution in [0.4, 0.5) is 0 Å². The van der Waals surface area contributed by atoms with Crippen molar-refractivity contribution in [2.24, 2.45) is 0 Å². The zero-order valence-electron chi connectivity index (χ0n) is 11.5. The van der Waals surface area contributed by atoms with Crippen LogP contribution in [0.25, 0.3) is 0 Å². The van der Waals surface area contributed by atoms with Gasteiger partial charge in [0.15, 0.2) is 0 Å². The topological polar surface area (TPSA) is 23.8 Å². The molecule has 0 saturated heterocycles. The van der Waals surface area contributed by atoms with E-state index in [0.717, 1.165) is 0 Å². The average Bonchev–Trinajstić information content (AvgIpc) is 2.58. The van der Waals surface area contributed by atoms with E-state index in [2.05, 4.69) is 78.9 Å². The maximum atomic E-state index is 8.96. The monoisotopic (exact) mass is 331 g/mol. The molecule has 3 aromatic rings. The van der Waals surface area contributed by atoms with Gasteiger partial charge in [-0.2, -0.15) is 0 Å². The van der Waals surface area contributed by atoms with Crippen LogP contribution in [-0.4, -0.2) is 14.7 Å². The van der Waals surface area contributed by atoms with E-state index in [1.54, 1.807) is 0 Å². The molecule has 0 aliphatic heterocycles. The van der Waals surface area contributed by atoms with Gasteiger partial charge in [-0.05, 0) is 0 Å². The number of hydrogen-bond donors (Lipinski definition) is 0. The first-order valence-electron chi connectivity index (χ1n) is 6.79. The molecular formula is C19H14AsN. The molecule has 0 saturated carbocycles. The van der Waals surface area contributed by atoms with Crippen LogP contribution in [-0.2, 0) is 0 Å². The SMILES string of the molecule is N#Cc1ccc([As](c2ccccc2)c2ccccc2)cc1. The Morgan fingerprint density at radius 3 is 1.43 bits per heavy atom. The van der Waals surface area contributed by atoms with Crippen LogP contribution >= 0.6 is 0 Å². The maximum absolute atomic E-state index is 8.96. The van der Waals surface area contributed by atoms with Crippen molar-refractivity contribution in [1.29, 1.82) is 5.26 Å². The Bertz CT molecular complexity index is 704.